The molecule has 1 aliphatic rings. The molecule has 0 N–H and O–H groups in total. The lowest BCUT2D eigenvalue weighted by Crippen LogP contribution is -3.00. The van der Waals surface area contributed by atoms with Crippen molar-refractivity contribution in [2.24, 2.45) is 15.4 Å². The normalized spacial score (nSPS) is 12.5. The van der Waals surface area contributed by atoms with Gasteiger partial charge in [0.1, 0.15) is 5.10 Å². The van der Waals surface area contributed by atoms with Gasteiger partial charge in [-0.2, -0.15) is 0 Å². The second kappa shape index (κ2) is 3.76. The fourth-order valence-corrected chi connectivity index (χ4v) is 0.815. The maximum Gasteiger partial charge on any atom is 0.599 e. The highest BCUT2D eigenvalue weighted by atomic mass is 35.5. The van der Waals surface area contributed by atoms with Gasteiger partial charge >= 0.3 is 6.34 Å². The molecule has 0 saturated carbocycles. The number of nitrogens with zero attached hydrogens (tertiary/aromatic N) is 4. The molecular formula is C7H5ClN4. The Morgan fingerprint density at radius 3 is 2.50 bits per heavy atom. The summed E-state index contributed by atoms with van der Waals surface area (Å²) in [6.45, 7) is 0. The smallest absolute Gasteiger partial charge is 0.599 e. The monoisotopic (exact) mass is 180 g/mol. The van der Waals surface area contributed by atoms with Crippen molar-refractivity contribution in [2.75, 3.05) is 5.12 Å². The molecular weight excluding hydrogens is 176 g/mol. The molecule has 1 aromatic rings. The van der Waals surface area contributed by atoms with E-state index in [1.165, 1.54) is 5.12 Å². The summed E-state index contributed by atoms with van der Waals surface area (Å²) in [4.78, 5) is 0. The van der Waals surface area contributed by atoms with Crippen LogP contribution < -0.4 is 17.5 Å². The quantitative estimate of drug-likeness (QED) is 0.496. The molecule has 5 heteroatoms. The summed E-state index contributed by atoms with van der Waals surface area (Å²) in [7, 11) is 0. The van der Waals surface area contributed by atoms with Gasteiger partial charge in [-0.25, -0.2) is 0 Å². The van der Waals surface area contributed by atoms with Crippen LogP contribution in [-0.4, -0.2) is 6.34 Å². The molecule has 0 unspecified atom stereocenters. The van der Waals surface area contributed by atoms with Crippen molar-refractivity contribution in [1.29, 1.82) is 0 Å². The molecule has 0 amide bonds. The molecule has 0 bridgehead atoms. The maximum absolute atomic E-state index is 3.76. The van der Waals surface area contributed by atoms with Gasteiger partial charge in [-0.05, 0) is 12.1 Å². The van der Waals surface area contributed by atoms with E-state index in [-0.39, 0.29) is 12.4 Å². The zero-order chi connectivity index (χ0) is 7.52. The summed E-state index contributed by atoms with van der Waals surface area (Å²) in [5, 5.41) is 12.3. The molecule has 0 aromatic heterocycles. The van der Waals surface area contributed by atoms with E-state index in [4.69, 9.17) is 0 Å². The van der Waals surface area contributed by atoms with E-state index in [9.17, 15) is 0 Å². The Kier molecular flexibility index (Phi) is 2.69. The van der Waals surface area contributed by atoms with E-state index in [2.05, 4.69) is 21.8 Å². The lowest BCUT2D eigenvalue weighted by molar-refractivity contribution is -0.00000227. The van der Waals surface area contributed by atoms with Gasteiger partial charge in [-0.15, -0.1) is 0 Å². The Labute approximate surface area is 76.0 Å². The predicted molar refractivity (Wildman–Crippen MR) is 41.2 cm³/mol. The summed E-state index contributed by atoms with van der Waals surface area (Å²) in [5.74, 6) is 0. The summed E-state index contributed by atoms with van der Waals surface area (Å²) >= 11 is 0. The first kappa shape index (κ1) is 8.59. The van der Waals surface area contributed by atoms with Gasteiger partial charge in [-0.1, -0.05) is 23.3 Å². The number of hydrazone groups is 1. The highest BCUT2D eigenvalue weighted by Gasteiger charge is 2.15. The number of rotatable bonds is 1. The molecule has 0 radical (unpaired) electrons. The van der Waals surface area contributed by atoms with Gasteiger partial charge < -0.3 is 12.4 Å². The van der Waals surface area contributed by atoms with E-state index in [0.717, 1.165) is 5.69 Å². The lowest BCUT2D eigenvalue weighted by Gasteiger charge is -1.99. The van der Waals surface area contributed by atoms with Crippen LogP contribution in [0.5, 0.6) is 0 Å². The minimum absolute atomic E-state index is 0. The van der Waals surface area contributed by atoms with Crippen molar-refractivity contribution in [3.8, 4) is 0 Å². The second-order valence-corrected chi connectivity index (χ2v) is 2.01. The van der Waals surface area contributed by atoms with E-state index in [0.29, 0.717) is 0 Å². The SMILES string of the molecule is [C+]1=NN(c2ccccc2)N=N1.[Cl-]. The van der Waals surface area contributed by atoms with Crippen molar-refractivity contribution >= 4 is 12.0 Å². The molecule has 1 aromatic carbocycles. The molecule has 1 heterocycles. The first-order valence-electron chi connectivity index (χ1n) is 3.18. The average molecular weight is 181 g/mol. The minimum Gasteiger partial charge on any atom is -1.00 e. The third-order valence-electron chi connectivity index (χ3n) is 1.30. The van der Waals surface area contributed by atoms with Gasteiger partial charge in [-0.3, -0.25) is 0 Å². The highest BCUT2D eigenvalue weighted by molar-refractivity contribution is 5.60. The van der Waals surface area contributed by atoms with Crippen molar-refractivity contribution < 1.29 is 12.4 Å². The Hall–Kier alpha value is -1.51. The van der Waals surface area contributed by atoms with E-state index >= 15 is 0 Å². The van der Waals surface area contributed by atoms with Gasteiger partial charge in [0.25, 0.3) is 0 Å². The molecule has 0 spiro atoms. The first-order valence-corrected chi connectivity index (χ1v) is 3.18. The molecule has 2 rings (SSSR count). The number of halogens is 1. The Morgan fingerprint density at radius 2 is 1.92 bits per heavy atom. The second-order valence-electron chi connectivity index (χ2n) is 2.01. The fourth-order valence-electron chi connectivity index (χ4n) is 0.815. The third kappa shape index (κ3) is 1.56. The summed E-state index contributed by atoms with van der Waals surface area (Å²) < 4.78 is 0. The molecule has 1 aliphatic heterocycles. The van der Waals surface area contributed by atoms with Crippen LogP contribution in [0.2, 0.25) is 0 Å². The van der Waals surface area contributed by atoms with Crippen LogP contribution in [0.4, 0.5) is 5.69 Å². The topological polar surface area (TPSA) is 40.3 Å². The number of anilines is 1. The standard InChI is InChI=1S/C7H5N4.ClH/c1-2-4-7(5-3-1)11-9-6-8-10-11;/h1-5H;1H/q+1;/p-1. The van der Waals surface area contributed by atoms with Gasteiger partial charge in [0.05, 0.1) is 5.69 Å². The summed E-state index contributed by atoms with van der Waals surface area (Å²) in [6.07, 6.45) is 2.38. The highest BCUT2D eigenvalue weighted by Crippen LogP contribution is 2.15. The Bertz CT molecular complexity index is 284. The molecule has 0 aliphatic carbocycles. The predicted octanol–water partition coefficient (Wildman–Crippen LogP) is -1.30. The van der Waals surface area contributed by atoms with Gasteiger partial charge in [0, 0.05) is 5.22 Å². The van der Waals surface area contributed by atoms with Crippen LogP contribution in [0.15, 0.2) is 45.8 Å². The minimum atomic E-state index is 0. The lowest BCUT2D eigenvalue weighted by atomic mass is 10.3. The fraction of sp³-hybridized carbons (Fsp3) is 0. The molecule has 60 valence electrons. The molecule has 0 fully saturated rings. The van der Waals surface area contributed by atoms with Crippen LogP contribution in [0.1, 0.15) is 0 Å². The van der Waals surface area contributed by atoms with E-state index in [1.54, 1.807) is 0 Å². The number of benzene rings is 1. The Balaban J connectivity index is 0.000000720. The van der Waals surface area contributed by atoms with E-state index in [1.807, 2.05) is 30.3 Å². The van der Waals surface area contributed by atoms with E-state index < -0.39 is 0 Å². The van der Waals surface area contributed by atoms with Crippen LogP contribution in [0.25, 0.3) is 0 Å². The zero-order valence-electron chi connectivity index (χ0n) is 6.05. The van der Waals surface area contributed by atoms with Crippen LogP contribution in [0, 0.1) is 0 Å². The molecule has 12 heavy (non-hydrogen) atoms. The molecule has 4 nitrogen and oxygen atoms in total. The van der Waals surface area contributed by atoms with Crippen molar-refractivity contribution in [3.05, 3.63) is 30.3 Å². The first-order chi connectivity index (χ1) is 5.47. The summed E-state index contributed by atoms with van der Waals surface area (Å²) in [6, 6.07) is 9.56. The summed E-state index contributed by atoms with van der Waals surface area (Å²) in [5.41, 5.74) is 0.890. The number of hydrogen-bond acceptors (Lipinski definition) is 4. The largest absolute Gasteiger partial charge is 1.00 e. The maximum atomic E-state index is 3.76. The van der Waals surface area contributed by atoms with Gasteiger partial charge in [0.15, 0.2) is 5.11 Å². The zero-order valence-corrected chi connectivity index (χ0v) is 6.81. The van der Waals surface area contributed by atoms with Crippen molar-refractivity contribution in [3.63, 3.8) is 0 Å². The van der Waals surface area contributed by atoms with Crippen LogP contribution >= 0.6 is 0 Å². The Morgan fingerprint density at radius 1 is 1.17 bits per heavy atom. The van der Waals surface area contributed by atoms with Crippen LogP contribution in [0.3, 0.4) is 0 Å². The van der Waals surface area contributed by atoms with Crippen molar-refractivity contribution in [1.82, 2.24) is 0 Å². The number of para-hydroxylation sites is 1. The molecule has 0 atom stereocenters. The van der Waals surface area contributed by atoms with Crippen molar-refractivity contribution in [2.45, 2.75) is 0 Å². The third-order valence-corrected chi connectivity index (χ3v) is 1.30. The average Bonchev–Trinajstić information content (AvgIpc) is 2.58. The molecule has 0 saturated heterocycles. The van der Waals surface area contributed by atoms with Gasteiger partial charge in [0.2, 0.25) is 0 Å². The van der Waals surface area contributed by atoms with Crippen LogP contribution in [-0.2, 0) is 0 Å². The number of hydrogen-bond donors (Lipinski definition) is 0.